The van der Waals surface area contributed by atoms with E-state index >= 15 is 0 Å². The van der Waals surface area contributed by atoms with Gasteiger partial charge in [-0.05, 0) is 37.1 Å². The van der Waals surface area contributed by atoms with Gasteiger partial charge < -0.3 is 19.7 Å². The Morgan fingerprint density at radius 3 is 1.37 bits per heavy atom. The Morgan fingerprint density at radius 1 is 0.737 bits per heavy atom. The molecule has 38 heavy (non-hydrogen) atoms. The molecule has 12 heteroatoms. The van der Waals surface area contributed by atoms with Crippen molar-refractivity contribution in [3.8, 4) is 11.5 Å². The van der Waals surface area contributed by atoms with Gasteiger partial charge in [-0.1, -0.05) is 58.6 Å². The highest BCUT2D eigenvalue weighted by Crippen LogP contribution is 2.44. The smallest absolute Gasteiger partial charge is 0.349 e. The van der Waals surface area contributed by atoms with Crippen LogP contribution >= 0.6 is 46.4 Å². The minimum Gasteiger partial charge on any atom is -0.478 e. The van der Waals surface area contributed by atoms with Crippen molar-refractivity contribution in [1.82, 2.24) is 0 Å². The van der Waals surface area contributed by atoms with E-state index in [1.165, 1.54) is 12.1 Å². The van der Waals surface area contributed by atoms with Crippen molar-refractivity contribution in [3.05, 3.63) is 77.8 Å². The second-order valence-electron chi connectivity index (χ2n) is 8.47. The molecule has 2 aromatic rings. The predicted octanol–water partition coefficient (Wildman–Crippen LogP) is 6.03. The number of aliphatic carboxylic acids is 2. The Labute approximate surface area is 236 Å². The molecule has 4 rings (SSSR count). The van der Waals surface area contributed by atoms with Crippen molar-refractivity contribution in [2.24, 2.45) is 0 Å². The quantitative estimate of drug-likeness (QED) is 0.369. The lowest BCUT2D eigenvalue weighted by molar-refractivity contribution is -0.161. The van der Waals surface area contributed by atoms with E-state index in [0.29, 0.717) is 22.3 Å². The van der Waals surface area contributed by atoms with E-state index in [1.54, 1.807) is 26.0 Å². The number of benzene rings is 2. The number of carbonyl (C=O) groups is 4. The van der Waals surface area contributed by atoms with Gasteiger partial charge in [0.1, 0.15) is 21.5 Å². The number of fused-ring (bicyclic) bond motifs is 2. The number of rotatable bonds is 7. The molecule has 2 N–H and O–H groups in total. The van der Waals surface area contributed by atoms with Crippen LogP contribution in [-0.2, 0) is 22.4 Å². The van der Waals surface area contributed by atoms with E-state index in [0.717, 1.165) is 0 Å². The van der Waals surface area contributed by atoms with E-state index in [4.69, 9.17) is 55.9 Å². The zero-order chi connectivity index (χ0) is 28.0. The number of ether oxygens (including phenoxy) is 2. The molecular weight excluding hydrogens is 582 g/mol. The molecule has 0 saturated carbocycles. The van der Waals surface area contributed by atoms with Gasteiger partial charge >= 0.3 is 11.9 Å². The summed E-state index contributed by atoms with van der Waals surface area (Å²) in [5.41, 5.74) is 2.18. The van der Waals surface area contributed by atoms with Gasteiger partial charge in [0.15, 0.2) is 11.6 Å². The molecule has 0 heterocycles. The second kappa shape index (κ2) is 10.6. The van der Waals surface area contributed by atoms with Gasteiger partial charge in [-0.25, -0.2) is 9.59 Å². The molecule has 2 aliphatic rings. The van der Waals surface area contributed by atoms with Crippen LogP contribution in [0.4, 0.5) is 0 Å². The highest BCUT2D eigenvalue weighted by molar-refractivity contribution is 6.46. The Morgan fingerprint density at radius 2 is 1.08 bits per heavy atom. The van der Waals surface area contributed by atoms with E-state index in [9.17, 15) is 29.4 Å². The van der Waals surface area contributed by atoms with E-state index in [2.05, 4.69) is 0 Å². The summed E-state index contributed by atoms with van der Waals surface area (Å²) in [4.78, 5) is 49.4. The van der Waals surface area contributed by atoms with Crippen molar-refractivity contribution in [3.63, 3.8) is 0 Å². The fourth-order valence-corrected chi connectivity index (χ4v) is 5.35. The van der Waals surface area contributed by atoms with Crippen molar-refractivity contribution < 1.29 is 38.9 Å². The minimum absolute atomic E-state index is 0.143. The first-order valence-corrected chi connectivity index (χ1v) is 12.6. The summed E-state index contributed by atoms with van der Waals surface area (Å²) in [6.45, 7) is 3.37. The Kier molecular flexibility index (Phi) is 7.81. The summed E-state index contributed by atoms with van der Waals surface area (Å²) < 4.78 is 11.1. The maximum atomic E-state index is 12.6. The van der Waals surface area contributed by atoms with Gasteiger partial charge in [0.05, 0.1) is 10.0 Å². The summed E-state index contributed by atoms with van der Waals surface area (Å²) in [6, 6.07) is 2.69. The Balaban J connectivity index is 1.72. The van der Waals surface area contributed by atoms with Crippen LogP contribution < -0.4 is 9.47 Å². The lowest BCUT2D eigenvalue weighted by Crippen LogP contribution is -2.47. The molecule has 0 saturated heterocycles. The van der Waals surface area contributed by atoms with Crippen LogP contribution in [0.15, 0.2) is 35.4 Å². The van der Waals surface area contributed by atoms with Gasteiger partial charge in [-0.3, -0.25) is 9.59 Å². The molecule has 2 aromatic carbocycles. The van der Waals surface area contributed by atoms with Gasteiger partial charge in [0.25, 0.3) is 0 Å². The standard InChI is InChI=1S/C26H18Cl4O8/c1-3-9-5-11-7-13(17(27)19(29)15(11)21(9)31)37-23(25(33)34)24(26(35)36)38-14-8-12-6-10(4-2)22(32)16(12)20(30)18(14)28/h3-4,7-8,23-24H,5-6H2,1-2H3,(H,33,34)(H,35,36). The topological polar surface area (TPSA) is 127 Å². The zero-order valence-electron chi connectivity index (χ0n) is 19.7. The third-order valence-electron chi connectivity index (χ3n) is 6.28. The van der Waals surface area contributed by atoms with Crippen LogP contribution in [-0.4, -0.2) is 45.9 Å². The minimum atomic E-state index is -2.13. The number of halogens is 4. The lowest BCUT2D eigenvalue weighted by atomic mass is 10.1. The molecular formula is C26H18Cl4O8. The summed E-state index contributed by atoms with van der Waals surface area (Å²) in [6.07, 6.45) is -0.587. The number of Topliss-reactive ketones (excluding diaryl/α,β-unsaturated/α-hetero) is 2. The van der Waals surface area contributed by atoms with Crippen molar-refractivity contribution in [1.29, 1.82) is 0 Å². The fraction of sp³-hybridized carbons (Fsp3) is 0.231. The number of ketones is 2. The molecule has 0 aromatic heterocycles. The summed E-state index contributed by atoms with van der Waals surface area (Å²) >= 11 is 25.2. The molecule has 0 bridgehead atoms. The highest BCUT2D eigenvalue weighted by Gasteiger charge is 2.41. The molecule has 8 nitrogen and oxygen atoms in total. The normalized spacial score (nSPS) is 17.9. The monoisotopic (exact) mass is 598 g/mol. The molecule has 0 fully saturated rings. The molecule has 0 aliphatic heterocycles. The molecule has 2 atom stereocenters. The third-order valence-corrected chi connectivity index (χ3v) is 7.98. The first kappa shape index (κ1) is 28.0. The van der Waals surface area contributed by atoms with E-state index < -0.39 is 24.1 Å². The molecule has 198 valence electrons. The van der Waals surface area contributed by atoms with Crippen LogP contribution in [0.2, 0.25) is 20.1 Å². The first-order chi connectivity index (χ1) is 17.9. The summed E-state index contributed by atoms with van der Waals surface area (Å²) in [7, 11) is 0. The maximum Gasteiger partial charge on any atom is 0.349 e. The number of hydrogen-bond donors (Lipinski definition) is 2. The number of hydrogen-bond acceptors (Lipinski definition) is 6. The second-order valence-corrected chi connectivity index (χ2v) is 9.98. The molecule has 2 aliphatic carbocycles. The lowest BCUT2D eigenvalue weighted by Gasteiger charge is -2.24. The van der Waals surface area contributed by atoms with Gasteiger partial charge in [-0.15, -0.1) is 0 Å². The number of allylic oxidation sites excluding steroid dienone is 4. The average Bonchev–Trinajstić information content (AvgIpc) is 3.37. The molecule has 2 unspecified atom stereocenters. The van der Waals surface area contributed by atoms with Gasteiger partial charge in [0, 0.05) is 35.1 Å². The number of carbonyl (C=O) groups excluding carboxylic acids is 2. The van der Waals surface area contributed by atoms with E-state index in [-0.39, 0.29) is 67.1 Å². The van der Waals surface area contributed by atoms with Crippen LogP contribution in [0.25, 0.3) is 0 Å². The van der Waals surface area contributed by atoms with Gasteiger partial charge in [-0.2, -0.15) is 0 Å². The fourth-order valence-electron chi connectivity index (χ4n) is 4.36. The van der Waals surface area contributed by atoms with Crippen molar-refractivity contribution in [2.45, 2.75) is 38.9 Å². The van der Waals surface area contributed by atoms with Gasteiger partial charge in [0.2, 0.25) is 12.2 Å². The number of carboxylic acid groups (broad SMARTS) is 2. The van der Waals surface area contributed by atoms with Crippen LogP contribution in [0.3, 0.4) is 0 Å². The summed E-state index contributed by atoms with van der Waals surface area (Å²) in [5.74, 6) is -4.50. The van der Waals surface area contributed by atoms with Crippen molar-refractivity contribution in [2.75, 3.05) is 0 Å². The first-order valence-electron chi connectivity index (χ1n) is 11.1. The average molecular weight is 600 g/mol. The van der Waals surface area contributed by atoms with E-state index in [1.807, 2.05) is 0 Å². The molecule has 0 amide bonds. The summed E-state index contributed by atoms with van der Waals surface area (Å²) in [5, 5.41) is 18.9. The maximum absolute atomic E-state index is 12.6. The largest absolute Gasteiger partial charge is 0.478 e. The SMILES string of the molecule is CC=C1Cc2cc(OC(C(=O)O)C(Oc3cc4c(c(Cl)c3Cl)C(=O)C(=CC)C4)C(=O)O)c(Cl)c(Cl)c2C1=O. The van der Waals surface area contributed by atoms with Crippen LogP contribution in [0.5, 0.6) is 11.5 Å². The predicted molar refractivity (Wildman–Crippen MR) is 141 cm³/mol. The molecule has 0 spiro atoms. The molecule has 0 radical (unpaired) electrons. The van der Waals surface area contributed by atoms with Crippen LogP contribution in [0.1, 0.15) is 45.7 Å². The third kappa shape index (κ3) is 4.66. The number of carboxylic acids is 2. The highest BCUT2D eigenvalue weighted by atomic mass is 35.5. The van der Waals surface area contributed by atoms with Crippen LogP contribution in [0, 0.1) is 0 Å². The Bertz CT molecular complexity index is 1380. The Hall–Kier alpha value is -3.04. The van der Waals surface area contributed by atoms with Crippen molar-refractivity contribution >= 4 is 69.9 Å². The zero-order valence-corrected chi connectivity index (χ0v) is 22.8.